The van der Waals surface area contributed by atoms with Crippen molar-refractivity contribution < 1.29 is 0 Å². The van der Waals surface area contributed by atoms with Crippen molar-refractivity contribution in [3.63, 3.8) is 0 Å². The summed E-state index contributed by atoms with van der Waals surface area (Å²) in [4.78, 5) is 7.11. The van der Waals surface area contributed by atoms with Gasteiger partial charge in [-0.2, -0.15) is 0 Å². The van der Waals surface area contributed by atoms with E-state index in [1.807, 2.05) is 6.20 Å². The molecule has 86 valence electrons. The summed E-state index contributed by atoms with van der Waals surface area (Å²) in [6.45, 7) is 5.24. The lowest BCUT2D eigenvalue weighted by atomic mass is 10.2. The van der Waals surface area contributed by atoms with Crippen LogP contribution in [0.15, 0.2) is 23.7 Å². The molecule has 16 heavy (non-hydrogen) atoms. The van der Waals surface area contributed by atoms with Gasteiger partial charge in [0, 0.05) is 22.5 Å². The van der Waals surface area contributed by atoms with Crippen LogP contribution in [0, 0.1) is 6.92 Å². The second-order valence-electron chi connectivity index (χ2n) is 3.73. The van der Waals surface area contributed by atoms with E-state index in [1.165, 1.54) is 14.8 Å². The van der Waals surface area contributed by atoms with Gasteiger partial charge >= 0.3 is 0 Å². The number of aryl methyl sites for hydroxylation is 1. The summed E-state index contributed by atoms with van der Waals surface area (Å²) < 4.78 is 0. The van der Waals surface area contributed by atoms with Crippen LogP contribution in [0.4, 0.5) is 0 Å². The largest absolute Gasteiger partial charge is 0.303 e. The summed E-state index contributed by atoms with van der Waals surface area (Å²) in [5.74, 6) is 0. The van der Waals surface area contributed by atoms with Crippen LogP contribution in [-0.4, -0.2) is 4.98 Å². The zero-order chi connectivity index (χ0) is 11.4. The van der Waals surface area contributed by atoms with E-state index in [0.29, 0.717) is 6.04 Å². The van der Waals surface area contributed by atoms with Gasteiger partial charge in [-0.15, -0.1) is 22.7 Å². The van der Waals surface area contributed by atoms with E-state index in [0.717, 1.165) is 13.0 Å². The molecule has 0 aromatic carbocycles. The highest BCUT2D eigenvalue weighted by Gasteiger charge is 2.12. The second kappa shape index (κ2) is 5.57. The minimum Gasteiger partial charge on any atom is -0.303 e. The highest BCUT2D eigenvalue weighted by Crippen LogP contribution is 2.22. The van der Waals surface area contributed by atoms with Gasteiger partial charge in [0.1, 0.15) is 5.01 Å². The number of nitrogens with zero attached hydrogens (tertiary/aromatic N) is 1. The van der Waals surface area contributed by atoms with Gasteiger partial charge in [-0.25, -0.2) is 4.98 Å². The average Bonchev–Trinajstić information content (AvgIpc) is 2.91. The molecule has 0 spiro atoms. The van der Waals surface area contributed by atoms with Gasteiger partial charge in [0.2, 0.25) is 0 Å². The molecule has 0 radical (unpaired) electrons. The molecule has 0 fully saturated rings. The van der Waals surface area contributed by atoms with Gasteiger partial charge in [-0.05, 0) is 24.8 Å². The fourth-order valence-electron chi connectivity index (χ4n) is 1.58. The van der Waals surface area contributed by atoms with Crippen molar-refractivity contribution in [1.82, 2.24) is 10.3 Å². The molecule has 0 aliphatic carbocycles. The van der Waals surface area contributed by atoms with Gasteiger partial charge in [0.05, 0.1) is 6.04 Å². The summed E-state index contributed by atoms with van der Waals surface area (Å²) in [7, 11) is 0. The second-order valence-corrected chi connectivity index (χ2v) is 6.03. The normalized spacial score (nSPS) is 12.9. The van der Waals surface area contributed by atoms with E-state index in [9.17, 15) is 0 Å². The van der Waals surface area contributed by atoms with E-state index >= 15 is 0 Å². The van der Waals surface area contributed by atoms with E-state index in [-0.39, 0.29) is 0 Å². The third kappa shape index (κ3) is 2.90. The first-order valence-corrected chi connectivity index (χ1v) is 7.17. The maximum atomic E-state index is 4.45. The van der Waals surface area contributed by atoms with Crippen LogP contribution in [0.5, 0.6) is 0 Å². The van der Waals surface area contributed by atoms with Gasteiger partial charge < -0.3 is 5.32 Å². The van der Waals surface area contributed by atoms with Crippen molar-refractivity contribution in [2.75, 3.05) is 0 Å². The summed E-state index contributed by atoms with van der Waals surface area (Å²) in [5.41, 5.74) is 0. The Hall–Kier alpha value is -0.710. The maximum absolute atomic E-state index is 4.45. The first-order chi connectivity index (χ1) is 7.79. The highest BCUT2D eigenvalue weighted by molar-refractivity contribution is 7.11. The average molecular weight is 252 g/mol. The Morgan fingerprint density at radius 2 is 2.38 bits per heavy atom. The third-order valence-corrected chi connectivity index (χ3v) is 4.35. The van der Waals surface area contributed by atoms with E-state index in [2.05, 4.69) is 41.7 Å². The topological polar surface area (TPSA) is 24.9 Å². The smallest absolute Gasteiger partial charge is 0.110 e. The molecule has 2 heterocycles. The van der Waals surface area contributed by atoms with Crippen LogP contribution in [0.1, 0.15) is 34.1 Å². The number of thiazole rings is 1. The molecule has 1 unspecified atom stereocenters. The molecule has 0 saturated carbocycles. The number of thiophene rings is 1. The standard InChI is InChI=1S/C12H16N2S2/c1-3-11(12-14-7-9(2)16-12)13-8-10-5-4-6-15-10/h4-7,11,13H,3,8H2,1-2H3. The Morgan fingerprint density at radius 1 is 1.50 bits per heavy atom. The monoisotopic (exact) mass is 252 g/mol. The molecule has 1 N–H and O–H groups in total. The number of aromatic nitrogens is 1. The molecule has 2 aromatic rings. The highest BCUT2D eigenvalue weighted by atomic mass is 32.1. The van der Waals surface area contributed by atoms with Crippen LogP contribution in [0.3, 0.4) is 0 Å². The van der Waals surface area contributed by atoms with Crippen molar-refractivity contribution >= 4 is 22.7 Å². The molecule has 0 aliphatic heterocycles. The number of rotatable bonds is 5. The summed E-state index contributed by atoms with van der Waals surface area (Å²) in [5, 5.41) is 6.88. The first kappa shape index (κ1) is 11.8. The Kier molecular flexibility index (Phi) is 4.09. The van der Waals surface area contributed by atoms with Crippen LogP contribution < -0.4 is 5.32 Å². The number of hydrogen-bond acceptors (Lipinski definition) is 4. The van der Waals surface area contributed by atoms with E-state index in [1.54, 1.807) is 22.7 Å². The fourth-order valence-corrected chi connectivity index (χ4v) is 3.17. The Balaban J connectivity index is 1.96. The third-order valence-electron chi connectivity index (χ3n) is 2.45. The Bertz CT molecular complexity index is 420. The van der Waals surface area contributed by atoms with Crippen molar-refractivity contribution in [2.45, 2.75) is 32.9 Å². The van der Waals surface area contributed by atoms with Gasteiger partial charge in [0.25, 0.3) is 0 Å². The SMILES string of the molecule is CCC(NCc1cccs1)c1ncc(C)s1. The van der Waals surface area contributed by atoms with E-state index < -0.39 is 0 Å². The zero-order valence-electron chi connectivity index (χ0n) is 9.56. The lowest BCUT2D eigenvalue weighted by Gasteiger charge is -2.13. The molecule has 2 aromatic heterocycles. The molecular weight excluding hydrogens is 236 g/mol. The zero-order valence-corrected chi connectivity index (χ0v) is 11.2. The van der Waals surface area contributed by atoms with Gasteiger partial charge in [-0.1, -0.05) is 13.0 Å². The van der Waals surface area contributed by atoms with E-state index in [4.69, 9.17) is 0 Å². The summed E-state index contributed by atoms with van der Waals surface area (Å²) in [6, 6.07) is 4.65. The number of nitrogens with one attached hydrogen (secondary N) is 1. The van der Waals surface area contributed by atoms with Crippen LogP contribution in [0.2, 0.25) is 0 Å². The summed E-state index contributed by atoms with van der Waals surface area (Å²) in [6.07, 6.45) is 3.04. The lowest BCUT2D eigenvalue weighted by Crippen LogP contribution is -2.19. The van der Waals surface area contributed by atoms with Crippen LogP contribution in [-0.2, 0) is 6.54 Å². The minimum atomic E-state index is 0.390. The van der Waals surface area contributed by atoms with Gasteiger partial charge in [0.15, 0.2) is 0 Å². The van der Waals surface area contributed by atoms with Crippen molar-refractivity contribution in [2.24, 2.45) is 0 Å². The minimum absolute atomic E-state index is 0.390. The van der Waals surface area contributed by atoms with Crippen molar-refractivity contribution in [1.29, 1.82) is 0 Å². The molecule has 4 heteroatoms. The first-order valence-electron chi connectivity index (χ1n) is 5.47. The molecular formula is C12H16N2S2. The fraction of sp³-hybridized carbons (Fsp3) is 0.417. The molecule has 0 bridgehead atoms. The Morgan fingerprint density at radius 3 is 2.94 bits per heavy atom. The maximum Gasteiger partial charge on any atom is 0.110 e. The molecule has 2 nitrogen and oxygen atoms in total. The molecule has 0 aliphatic rings. The lowest BCUT2D eigenvalue weighted by molar-refractivity contribution is 0.519. The molecule has 0 saturated heterocycles. The quantitative estimate of drug-likeness (QED) is 0.876. The Labute approximate surface area is 104 Å². The predicted octanol–water partition coefficient (Wildman–Crippen LogP) is 3.75. The molecule has 2 rings (SSSR count). The van der Waals surface area contributed by atoms with Gasteiger partial charge in [-0.3, -0.25) is 0 Å². The predicted molar refractivity (Wildman–Crippen MR) is 71.0 cm³/mol. The van der Waals surface area contributed by atoms with Crippen LogP contribution >= 0.6 is 22.7 Å². The summed E-state index contributed by atoms with van der Waals surface area (Å²) >= 11 is 3.58. The molecule has 1 atom stereocenters. The number of hydrogen-bond donors (Lipinski definition) is 1. The van der Waals surface area contributed by atoms with Crippen molar-refractivity contribution in [3.8, 4) is 0 Å². The van der Waals surface area contributed by atoms with Crippen LogP contribution in [0.25, 0.3) is 0 Å². The molecule has 0 amide bonds. The van der Waals surface area contributed by atoms with Crippen molar-refractivity contribution in [3.05, 3.63) is 38.5 Å².